The maximum absolute atomic E-state index is 10.8. The summed E-state index contributed by atoms with van der Waals surface area (Å²) >= 11 is 1.25. The molecule has 0 radical (unpaired) electrons. The van der Waals surface area contributed by atoms with Crippen LogP contribution in [0.25, 0.3) is 11.2 Å². The van der Waals surface area contributed by atoms with Crippen LogP contribution in [0.2, 0.25) is 0 Å². The lowest BCUT2D eigenvalue weighted by Gasteiger charge is -2.29. The van der Waals surface area contributed by atoms with Crippen LogP contribution in [0.5, 0.6) is 0 Å². The highest BCUT2D eigenvalue weighted by molar-refractivity contribution is 7.99. The van der Waals surface area contributed by atoms with E-state index < -0.39 is 5.97 Å². The number of nitrogens with zero attached hydrogens (tertiary/aromatic N) is 3. The molecule has 1 fully saturated rings. The Morgan fingerprint density at radius 1 is 1.62 bits per heavy atom. The Morgan fingerprint density at radius 3 is 3.24 bits per heavy atom. The molecule has 1 aliphatic rings. The molecule has 2 aromatic rings. The van der Waals surface area contributed by atoms with Crippen LogP contribution in [0, 0.1) is 0 Å². The maximum atomic E-state index is 10.8. The maximum Gasteiger partial charge on any atom is 0.313 e. The summed E-state index contributed by atoms with van der Waals surface area (Å²) in [6, 6.07) is 4.01. The first-order valence-corrected chi connectivity index (χ1v) is 7.93. The van der Waals surface area contributed by atoms with Gasteiger partial charge in [0.25, 0.3) is 0 Å². The van der Waals surface area contributed by atoms with Crippen molar-refractivity contribution in [2.45, 2.75) is 37.1 Å². The molecule has 2 aromatic heterocycles. The minimum Gasteiger partial charge on any atom is -0.481 e. The molecule has 0 aliphatic carbocycles. The van der Waals surface area contributed by atoms with E-state index in [0.29, 0.717) is 6.61 Å². The summed E-state index contributed by atoms with van der Waals surface area (Å²) in [5, 5.41) is 9.63. The second kappa shape index (κ2) is 6.03. The molecule has 0 aromatic carbocycles. The number of hydrogen-bond acceptors (Lipinski definition) is 5. The summed E-state index contributed by atoms with van der Waals surface area (Å²) in [5.74, 6) is -0.839. The molecule has 112 valence electrons. The van der Waals surface area contributed by atoms with Gasteiger partial charge in [-0.15, -0.1) is 0 Å². The third-order valence-corrected chi connectivity index (χ3v) is 4.50. The molecule has 0 amide bonds. The van der Waals surface area contributed by atoms with Crippen molar-refractivity contribution in [2.75, 3.05) is 12.4 Å². The minimum absolute atomic E-state index is 0.00208. The molecule has 1 aliphatic heterocycles. The molecule has 0 bridgehead atoms. The van der Waals surface area contributed by atoms with Gasteiger partial charge in [0.2, 0.25) is 0 Å². The smallest absolute Gasteiger partial charge is 0.313 e. The summed E-state index contributed by atoms with van der Waals surface area (Å²) in [4.78, 5) is 19.8. The third-order valence-electron chi connectivity index (χ3n) is 3.56. The Hall–Kier alpha value is -1.60. The van der Waals surface area contributed by atoms with Crippen molar-refractivity contribution in [1.29, 1.82) is 0 Å². The van der Waals surface area contributed by atoms with Gasteiger partial charge >= 0.3 is 5.97 Å². The number of thioether (sulfide) groups is 1. The molecule has 1 saturated heterocycles. The zero-order valence-corrected chi connectivity index (χ0v) is 12.5. The number of aliphatic carboxylic acids is 1. The van der Waals surface area contributed by atoms with Crippen molar-refractivity contribution in [3.63, 3.8) is 0 Å². The van der Waals surface area contributed by atoms with Crippen molar-refractivity contribution in [3.05, 3.63) is 18.3 Å². The summed E-state index contributed by atoms with van der Waals surface area (Å²) < 4.78 is 7.69. The third kappa shape index (κ3) is 3.03. The van der Waals surface area contributed by atoms with Crippen molar-refractivity contribution in [1.82, 2.24) is 14.5 Å². The van der Waals surface area contributed by atoms with Crippen molar-refractivity contribution >= 4 is 28.9 Å². The number of pyridine rings is 1. The fourth-order valence-corrected chi connectivity index (χ4v) is 3.47. The van der Waals surface area contributed by atoms with Crippen LogP contribution >= 0.6 is 11.8 Å². The zero-order chi connectivity index (χ0) is 14.8. The van der Waals surface area contributed by atoms with E-state index in [4.69, 9.17) is 9.84 Å². The highest BCUT2D eigenvalue weighted by Crippen LogP contribution is 2.33. The number of fused-ring (bicyclic) bond motifs is 1. The van der Waals surface area contributed by atoms with E-state index in [1.165, 1.54) is 11.8 Å². The van der Waals surface area contributed by atoms with Crippen LogP contribution in [0.4, 0.5) is 0 Å². The zero-order valence-electron chi connectivity index (χ0n) is 11.7. The van der Waals surface area contributed by atoms with Crippen molar-refractivity contribution in [3.8, 4) is 0 Å². The molecule has 21 heavy (non-hydrogen) atoms. The molecule has 2 atom stereocenters. The van der Waals surface area contributed by atoms with Gasteiger partial charge in [0.05, 0.1) is 11.9 Å². The Kier molecular flexibility index (Phi) is 4.12. The average Bonchev–Trinajstić information content (AvgIpc) is 2.83. The van der Waals surface area contributed by atoms with Crippen LogP contribution in [0.15, 0.2) is 23.5 Å². The Labute approximate surface area is 126 Å². The van der Waals surface area contributed by atoms with E-state index >= 15 is 0 Å². The van der Waals surface area contributed by atoms with Gasteiger partial charge in [-0.1, -0.05) is 11.8 Å². The Bertz CT molecular complexity index is 658. The molecule has 3 rings (SSSR count). The molecule has 7 heteroatoms. The highest BCUT2D eigenvalue weighted by atomic mass is 32.2. The predicted molar refractivity (Wildman–Crippen MR) is 79.6 cm³/mol. The molecule has 1 N–H and O–H groups in total. The number of ether oxygens (including phenoxy) is 1. The lowest BCUT2D eigenvalue weighted by molar-refractivity contribution is -0.133. The summed E-state index contributed by atoms with van der Waals surface area (Å²) in [7, 11) is 0. The average molecular weight is 307 g/mol. The van der Waals surface area contributed by atoms with Gasteiger partial charge < -0.3 is 14.4 Å². The summed E-state index contributed by atoms with van der Waals surface area (Å²) in [6.45, 7) is 2.77. The number of rotatable bonds is 4. The largest absolute Gasteiger partial charge is 0.481 e. The first-order chi connectivity index (χ1) is 10.1. The number of carbonyl (C=O) groups is 1. The second-order valence-electron chi connectivity index (χ2n) is 5.15. The first kappa shape index (κ1) is 14.3. The van der Waals surface area contributed by atoms with Crippen molar-refractivity contribution in [2.24, 2.45) is 0 Å². The molecule has 6 nitrogen and oxygen atoms in total. The Morgan fingerprint density at radius 2 is 2.48 bits per heavy atom. The van der Waals surface area contributed by atoms with Crippen LogP contribution in [-0.4, -0.2) is 44.1 Å². The van der Waals surface area contributed by atoms with Crippen LogP contribution in [0.3, 0.4) is 0 Å². The van der Waals surface area contributed by atoms with Crippen LogP contribution in [-0.2, 0) is 9.53 Å². The first-order valence-electron chi connectivity index (χ1n) is 6.94. The summed E-state index contributed by atoms with van der Waals surface area (Å²) in [5.41, 5.74) is 1.63. The van der Waals surface area contributed by atoms with Gasteiger partial charge in [0.15, 0.2) is 10.8 Å². The highest BCUT2D eigenvalue weighted by Gasteiger charge is 2.26. The fourth-order valence-electron chi connectivity index (χ4n) is 2.67. The molecule has 0 spiro atoms. The topological polar surface area (TPSA) is 77.2 Å². The van der Waals surface area contributed by atoms with Crippen LogP contribution in [0.1, 0.15) is 25.8 Å². The number of hydrogen-bond donors (Lipinski definition) is 1. The van der Waals surface area contributed by atoms with E-state index in [1.54, 1.807) is 6.20 Å². The predicted octanol–water partition coefficient (Wildman–Crippen LogP) is 2.35. The normalized spacial score (nSPS) is 22.5. The molecule has 2 unspecified atom stereocenters. The summed E-state index contributed by atoms with van der Waals surface area (Å²) in [6.07, 6.45) is 3.73. The lowest BCUT2D eigenvalue weighted by Crippen LogP contribution is -2.26. The van der Waals surface area contributed by atoms with Crippen LogP contribution < -0.4 is 0 Å². The van der Waals surface area contributed by atoms with E-state index in [0.717, 1.165) is 29.2 Å². The van der Waals surface area contributed by atoms with Gasteiger partial charge in [-0.3, -0.25) is 4.79 Å². The number of imidazole rings is 1. The quantitative estimate of drug-likeness (QED) is 0.874. The standard InChI is InChI=1S/C14H17N3O3S/c1-9-7-10(4-6-20-9)17-13-11(3-2-5-15-13)16-14(17)21-8-12(18)19/h2-3,5,9-10H,4,6-8H2,1H3,(H,18,19). The molecule has 3 heterocycles. The van der Waals surface area contributed by atoms with Gasteiger partial charge in [-0.25, -0.2) is 9.97 Å². The lowest BCUT2D eigenvalue weighted by atomic mass is 10.0. The molecule has 0 saturated carbocycles. The van der Waals surface area contributed by atoms with Gasteiger partial charge in [0.1, 0.15) is 5.52 Å². The van der Waals surface area contributed by atoms with Gasteiger partial charge in [-0.2, -0.15) is 0 Å². The van der Waals surface area contributed by atoms with E-state index in [1.807, 2.05) is 12.1 Å². The number of aromatic nitrogens is 3. The van der Waals surface area contributed by atoms with E-state index in [2.05, 4.69) is 21.5 Å². The van der Waals surface area contributed by atoms with Crippen molar-refractivity contribution < 1.29 is 14.6 Å². The Balaban J connectivity index is 2.00. The van der Waals surface area contributed by atoms with E-state index in [9.17, 15) is 4.79 Å². The second-order valence-corrected chi connectivity index (χ2v) is 6.10. The molecular formula is C14H17N3O3S. The minimum atomic E-state index is -0.841. The number of carboxylic acid groups (broad SMARTS) is 1. The SMILES string of the molecule is CC1CC(n2c(SCC(=O)O)nc3cccnc32)CCO1. The molecular weight excluding hydrogens is 290 g/mol. The van der Waals surface area contributed by atoms with Gasteiger partial charge in [-0.05, 0) is 31.9 Å². The number of carboxylic acids is 1. The van der Waals surface area contributed by atoms with E-state index in [-0.39, 0.29) is 17.9 Å². The monoisotopic (exact) mass is 307 g/mol. The van der Waals surface area contributed by atoms with Gasteiger partial charge in [0, 0.05) is 18.8 Å². The fraction of sp³-hybridized carbons (Fsp3) is 0.500.